The van der Waals surface area contributed by atoms with Gasteiger partial charge >= 0.3 is 0 Å². The van der Waals surface area contributed by atoms with E-state index in [1.54, 1.807) is 0 Å². The molecule has 9 aromatic carbocycles. The molecule has 0 radical (unpaired) electrons. The molecule has 55 heavy (non-hydrogen) atoms. The molecule has 0 amide bonds. The van der Waals surface area contributed by atoms with Crippen molar-refractivity contribution in [1.82, 2.24) is 0 Å². The Labute approximate surface area is 322 Å². The first-order chi connectivity index (χ1) is 27.3. The van der Waals surface area contributed by atoms with Crippen molar-refractivity contribution in [2.24, 2.45) is 0 Å². The number of anilines is 3. The van der Waals surface area contributed by atoms with Crippen molar-refractivity contribution in [3.05, 3.63) is 200 Å². The summed E-state index contributed by atoms with van der Waals surface area (Å²) >= 11 is 1.86. The summed E-state index contributed by atoms with van der Waals surface area (Å²) in [7, 11) is 0. The fraction of sp³-hybridized carbons (Fsp3) is 0. The van der Waals surface area contributed by atoms with Crippen LogP contribution in [-0.2, 0) is 0 Å². The molecule has 2 heterocycles. The summed E-state index contributed by atoms with van der Waals surface area (Å²) in [5.41, 5.74) is 12.2. The minimum Gasteiger partial charge on any atom is -0.456 e. The number of hydrogen-bond donors (Lipinski definition) is 0. The quantitative estimate of drug-likeness (QED) is 0.170. The van der Waals surface area contributed by atoms with Crippen LogP contribution in [0, 0.1) is 0 Å². The second-order valence-electron chi connectivity index (χ2n) is 14.1. The number of hydrogen-bond acceptors (Lipinski definition) is 3. The minimum absolute atomic E-state index is 0.902. The second-order valence-corrected chi connectivity index (χ2v) is 15.1. The van der Waals surface area contributed by atoms with E-state index in [0.29, 0.717) is 0 Å². The van der Waals surface area contributed by atoms with Crippen molar-refractivity contribution >= 4 is 81.3 Å². The highest BCUT2D eigenvalue weighted by atomic mass is 32.1. The predicted molar refractivity (Wildman–Crippen MR) is 235 cm³/mol. The molecule has 0 aliphatic carbocycles. The summed E-state index contributed by atoms with van der Waals surface area (Å²) in [4.78, 5) is 2.34. The fourth-order valence-corrected chi connectivity index (χ4v) is 9.40. The molecule has 0 saturated carbocycles. The molecule has 0 N–H and O–H groups in total. The third-order valence-electron chi connectivity index (χ3n) is 10.9. The average Bonchev–Trinajstić information content (AvgIpc) is 3.84. The van der Waals surface area contributed by atoms with Gasteiger partial charge in [0.05, 0.1) is 0 Å². The maximum atomic E-state index is 6.62. The van der Waals surface area contributed by atoms with Crippen molar-refractivity contribution in [2.45, 2.75) is 0 Å². The first-order valence-corrected chi connectivity index (χ1v) is 19.5. The second kappa shape index (κ2) is 12.9. The van der Waals surface area contributed by atoms with Gasteiger partial charge in [-0.3, -0.25) is 0 Å². The molecule has 258 valence electrons. The van der Waals surface area contributed by atoms with E-state index in [-0.39, 0.29) is 0 Å². The Balaban J connectivity index is 1.05. The largest absolute Gasteiger partial charge is 0.456 e. The first-order valence-electron chi connectivity index (χ1n) is 18.7. The van der Waals surface area contributed by atoms with E-state index in [4.69, 9.17) is 4.42 Å². The van der Waals surface area contributed by atoms with Gasteiger partial charge in [-0.05, 0) is 99.4 Å². The lowest BCUT2D eigenvalue weighted by atomic mass is 9.94. The minimum atomic E-state index is 0.902. The Morgan fingerprint density at radius 1 is 0.327 bits per heavy atom. The summed E-state index contributed by atoms with van der Waals surface area (Å²) in [5, 5.41) is 7.43. The molecule has 0 unspecified atom stereocenters. The fourth-order valence-electron chi connectivity index (χ4n) is 8.28. The zero-order chi connectivity index (χ0) is 36.3. The van der Waals surface area contributed by atoms with Crippen LogP contribution < -0.4 is 4.90 Å². The number of furan rings is 1. The van der Waals surface area contributed by atoms with Crippen LogP contribution in [0.25, 0.3) is 86.3 Å². The van der Waals surface area contributed by atoms with Crippen LogP contribution in [0.5, 0.6) is 0 Å². The lowest BCUT2D eigenvalue weighted by Crippen LogP contribution is -2.09. The summed E-state index contributed by atoms with van der Waals surface area (Å²) in [6.45, 7) is 0. The van der Waals surface area contributed by atoms with Gasteiger partial charge in [-0.15, -0.1) is 11.3 Å². The lowest BCUT2D eigenvalue weighted by Gasteiger charge is -2.26. The van der Waals surface area contributed by atoms with Gasteiger partial charge in [0.15, 0.2) is 0 Å². The summed E-state index contributed by atoms with van der Waals surface area (Å²) in [6, 6.07) is 71.9. The third kappa shape index (κ3) is 5.32. The van der Waals surface area contributed by atoms with Gasteiger partial charge in [-0.2, -0.15) is 0 Å². The number of thiophene rings is 1. The summed E-state index contributed by atoms with van der Waals surface area (Å²) < 4.78 is 9.22. The molecule has 2 aromatic heterocycles. The highest BCUT2D eigenvalue weighted by Crippen LogP contribution is 2.46. The van der Waals surface area contributed by atoms with Crippen molar-refractivity contribution in [3.63, 3.8) is 0 Å². The summed E-state index contributed by atoms with van der Waals surface area (Å²) in [6.07, 6.45) is 0. The van der Waals surface area contributed by atoms with E-state index in [2.05, 4.69) is 205 Å². The molecule has 0 aliphatic heterocycles. The van der Waals surface area contributed by atoms with Crippen LogP contribution >= 0.6 is 11.3 Å². The normalized spacial score (nSPS) is 11.6. The monoisotopic (exact) mass is 719 g/mol. The van der Waals surface area contributed by atoms with Gasteiger partial charge in [0.25, 0.3) is 0 Å². The van der Waals surface area contributed by atoms with Crippen LogP contribution in [0.2, 0.25) is 0 Å². The van der Waals surface area contributed by atoms with Gasteiger partial charge < -0.3 is 9.32 Å². The molecule has 0 aliphatic rings. The van der Waals surface area contributed by atoms with Crippen LogP contribution in [0.15, 0.2) is 205 Å². The lowest BCUT2D eigenvalue weighted by molar-refractivity contribution is 0.669. The van der Waals surface area contributed by atoms with Crippen LogP contribution in [0.4, 0.5) is 17.1 Å². The number of rotatable bonds is 6. The van der Waals surface area contributed by atoms with Crippen molar-refractivity contribution in [2.75, 3.05) is 4.90 Å². The standard InChI is InChI=1S/C52H33NOS/c1-3-10-34(11-4-1)36-18-26-40(27-19-36)53(41-28-20-37(21-29-41)35-12-5-2-6-13-35)42-30-22-38(23-31-42)43-15-9-16-45-50(43)52-46(54-45)32-24-39-25-33-48-51(49(39)52)44-14-7-8-17-47(44)55-48/h1-33H. The molecule has 11 rings (SSSR count). The van der Waals surface area contributed by atoms with E-state index in [9.17, 15) is 0 Å². The van der Waals surface area contributed by atoms with Crippen LogP contribution in [0.3, 0.4) is 0 Å². The molecule has 0 atom stereocenters. The number of fused-ring (bicyclic) bond motifs is 9. The van der Waals surface area contributed by atoms with Crippen molar-refractivity contribution in [3.8, 4) is 33.4 Å². The van der Waals surface area contributed by atoms with Crippen LogP contribution in [0.1, 0.15) is 0 Å². The van der Waals surface area contributed by atoms with Gasteiger partial charge in [0.1, 0.15) is 11.2 Å². The zero-order valence-electron chi connectivity index (χ0n) is 29.8. The number of benzene rings is 9. The predicted octanol–water partition coefficient (Wildman–Crippen LogP) is 15.6. The highest BCUT2D eigenvalue weighted by molar-refractivity contribution is 7.26. The molecule has 0 bridgehead atoms. The Bertz CT molecular complexity index is 3070. The molecular formula is C52H33NOS. The Morgan fingerprint density at radius 3 is 1.49 bits per heavy atom. The Kier molecular flexibility index (Phi) is 7.39. The molecular weight excluding hydrogens is 687 g/mol. The average molecular weight is 720 g/mol. The van der Waals surface area contributed by atoms with Crippen LogP contribution in [-0.4, -0.2) is 0 Å². The van der Waals surface area contributed by atoms with Gasteiger partial charge in [-0.25, -0.2) is 0 Å². The van der Waals surface area contributed by atoms with E-state index in [0.717, 1.165) is 44.7 Å². The molecule has 0 fully saturated rings. The highest BCUT2D eigenvalue weighted by Gasteiger charge is 2.20. The van der Waals surface area contributed by atoms with Crippen molar-refractivity contribution < 1.29 is 4.42 Å². The zero-order valence-corrected chi connectivity index (χ0v) is 30.6. The van der Waals surface area contributed by atoms with E-state index in [1.165, 1.54) is 58.6 Å². The third-order valence-corrected chi connectivity index (χ3v) is 12.0. The van der Waals surface area contributed by atoms with Gasteiger partial charge in [0.2, 0.25) is 0 Å². The summed E-state index contributed by atoms with van der Waals surface area (Å²) in [5.74, 6) is 0. The molecule has 0 spiro atoms. The topological polar surface area (TPSA) is 16.4 Å². The SMILES string of the molecule is c1ccc(-c2ccc(N(c3ccc(-c4ccccc4)cc3)c3ccc(-c4cccc5oc6ccc7ccc8sc9ccccc9c8c7c6c45)cc3)cc2)cc1. The molecule has 11 aromatic rings. The Hall–Kier alpha value is -6.94. The van der Waals surface area contributed by atoms with E-state index < -0.39 is 0 Å². The molecule has 3 heteroatoms. The van der Waals surface area contributed by atoms with Crippen molar-refractivity contribution in [1.29, 1.82) is 0 Å². The van der Waals surface area contributed by atoms with E-state index in [1.807, 2.05) is 11.3 Å². The maximum absolute atomic E-state index is 6.62. The first kappa shape index (κ1) is 31.6. The van der Waals surface area contributed by atoms with Gasteiger partial charge in [0, 0.05) is 53.4 Å². The molecule has 2 nitrogen and oxygen atoms in total. The van der Waals surface area contributed by atoms with E-state index >= 15 is 0 Å². The number of nitrogens with zero attached hydrogens (tertiary/aromatic N) is 1. The Morgan fingerprint density at radius 2 is 0.855 bits per heavy atom. The maximum Gasteiger partial charge on any atom is 0.136 e. The smallest absolute Gasteiger partial charge is 0.136 e. The van der Waals surface area contributed by atoms with Gasteiger partial charge in [-0.1, -0.05) is 140 Å². The molecule has 0 saturated heterocycles.